The van der Waals surface area contributed by atoms with Crippen LogP contribution in [0.25, 0.3) is 0 Å². The molecule has 6 heteroatoms. The molecule has 2 heterocycles. The molecule has 1 aromatic rings. The van der Waals surface area contributed by atoms with Crippen LogP contribution in [0.5, 0.6) is 0 Å². The molecule has 0 bridgehead atoms. The molecule has 0 atom stereocenters. The number of piperidine rings is 1. The minimum Gasteiger partial charge on any atom is -0.453 e. The number of nitrogens with zero attached hydrogens (tertiary/aromatic N) is 1. The molecule has 0 aromatic carbocycles. The summed E-state index contributed by atoms with van der Waals surface area (Å²) >= 11 is 0. The second kappa shape index (κ2) is 9.55. The van der Waals surface area contributed by atoms with Crippen LogP contribution in [0.3, 0.4) is 0 Å². The molecule has 24 heavy (non-hydrogen) atoms. The van der Waals surface area contributed by atoms with Gasteiger partial charge in [0.25, 0.3) is 5.56 Å². The second-order valence-electron chi connectivity index (χ2n) is 6.63. The lowest BCUT2D eigenvalue weighted by molar-refractivity contribution is 0.110. The number of hydrogen-bond donors (Lipinski definition) is 1. The summed E-state index contributed by atoms with van der Waals surface area (Å²) in [5, 5.41) is 2.51. The van der Waals surface area contributed by atoms with Crippen molar-refractivity contribution in [2.24, 2.45) is 0 Å². The quantitative estimate of drug-likeness (QED) is 0.731. The van der Waals surface area contributed by atoms with Gasteiger partial charge in [-0.05, 0) is 25.7 Å². The van der Waals surface area contributed by atoms with E-state index in [1.807, 2.05) is 0 Å². The molecule has 136 valence electrons. The number of methoxy groups -OCH3 is 1. The van der Waals surface area contributed by atoms with Crippen LogP contribution in [0.15, 0.2) is 9.32 Å². The summed E-state index contributed by atoms with van der Waals surface area (Å²) in [6.45, 7) is 3.49. The average Bonchev–Trinajstić information content (AvgIpc) is 2.98. The Morgan fingerprint density at radius 3 is 2.54 bits per heavy atom. The van der Waals surface area contributed by atoms with Crippen LogP contribution in [0, 0.1) is 0 Å². The molecule has 0 spiro atoms. The number of likely N-dealkylation sites (tertiary alicyclic amines) is 1. The predicted octanol–water partition coefficient (Wildman–Crippen LogP) is 3.82. The third-order valence-corrected chi connectivity index (χ3v) is 4.90. The molecular weight excluding hydrogens is 308 g/mol. The van der Waals surface area contributed by atoms with Crippen molar-refractivity contribution in [1.82, 2.24) is 10.1 Å². The maximum absolute atomic E-state index is 12.0. The highest BCUT2D eigenvalue weighted by Crippen LogP contribution is 2.30. The van der Waals surface area contributed by atoms with Gasteiger partial charge in [0.1, 0.15) is 5.76 Å². The number of carbonyl (C=O) groups is 1. The average molecular weight is 338 g/mol. The minimum atomic E-state index is -0.281. The lowest BCUT2D eigenvalue weighted by atomic mass is 9.91. The summed E-state index contributed by atoms with van der Waals surface area (Å²) in [7, 11) is 1.40. The maximum Gasteiger partial charge on any atom is 0.409 e. The number of hydrogen-bond acceptors (Lipinski definition) is 4. The minimum absolute atomic E-state index is 0.0889. The van der Waals surface area contributed by atoms with E-state index < -0.39 is 0 Å². The third-order valence-electron chi connectivity index (χ3n) is 4.90. The zero-order chi connectivity index (χ0) is 17.4. The smallest absolute Gasteiger partial charge is 0.409 e. The number of ether oxygens (including phenoxy) is 1. The van der Waals surface area contributed by atoms with Crippen LogP contribution in [0.4, 0.5) is 4.79 Å². The third kappa shape index (κ3) is 4.89. The van der Waals surface area contributed by atoms with Gasteiger partial charge in [0.05, 0.1) is 12.7 Å². The Morgan fingerprint density at radius 1 is 1.21 bits per heavy atom. The Morgan fingerprint density at radius 2 is 1.88 bits per heavy atom. The van der Waals surface area contributed by atoms with E-state index in [-0.39, 0.29) is 17.6 Å². The van der Waals surface area contributed by atoms with Crippen LogP contribution < -0.4 is 5.56 Å². The fraction of sp³-hybridized carbons (Fsp3) is 0.778. The first-order valence-electron chi connectivity index (χ1n) is 9.20. The second-order valence-corrected chi connectivity index (χ2v) is 6.63. The molecule has 1 aliphatic rings. The molecule has 1 fully saturated rings. The normalized spacial score (nSPS) is 15.7. The highest BCUT2D eigenvalue weighted by Gasteiger charge is 2.29. The van der Waals surface area contributed by atoms with Crippen molar-refractivity contribution in [3.63, 3.8) is 0 Å². The van der Waals surface area contributed by atoms with Gasteiger partial charge < -0.3 is 14.2 Å². The Kier molecular flexibility index (Phi) is 7.40. The van der Waals surface area contributed by atoms with E-state index >= 15 is 0 Å². The first kappa shape index (κ1) is 18.6. The number of H-pyrrole nitrogens is 1. The molecule has 1 aliphatic heterocycles. The summed E-state index contributed by atoms with van der Waals surface area (Å²) in [6, 6.07) is 0. The van der Waals surface area contributed by atoms with E-state index in [0.717, 1.165) is 43.4 Å². The van der Waals surface area contributed by atoms with Gasteiger partial charge in [-0.2, -0.15) is 5.16 Å². The Labute approximate surface area is 143 Å². The number of aromatic nitrogens is 1. The first-order chi connectivity index (χ1) is 11.7. The van der Waals surface area contributed by atoms with Crippen molar-refractivity contribution in [2.75, 3.05) is 20.2 Å². The van der Waals surface area contributed by atoms with E-state index in [1.165, 1.54) is 32.8 Å². The van der Waals surface area contributed by atoms with Crippen LogP contribution in [-0.2, 0) is 11.2 Å². The van der Waals surface area contributed by atoms with Gasteiger partial charge in [-0.25, -0.2) is 4.79 Å². The number of carbonyl (C=O) groups excluding carboxylic acids is 1. The Hall–Kier alpha value is -1.72. The molecule has 1 aromatic heterocycles. The molecule has 6 nitrogen and oxygen atoms in total. The van der Waals surface area contributed by atoms with Crippen molar-refractivity contribution in [2.45, 2.75) is 70.6 Å². The molecule has 1 saturated heterocycles. The van der Waals surface area contributed by atoms with E-state index in [1.54, 1.807) is 4.90 Å². The van der Waals surface area contributed by atoms with Gasteiger partial charge >= 0.3 is 6.09 Å². The zero-order valence-electron chi connectivity index (χ0n) is 14.9. The van der Waals surface area contributed by atoms with E-state index in [9.17, 15) is 9.59 Å². The molecule has 0 radical (unpaired) electrons. The highest BCUT2D eigenvalue weighted by molar-refractivity contribution is 5.67. The number of amides is 1. The molecule has 1 N–H and O–H groups in total. The zero-order valence-corrected chi connectivity index (χ0v) is 14.9. The lowest BCUT2D eigenvalue weighted by Crippen LogP contribution is -2.37. The van der Waals surface area contributed by atoms with Crippen molar-refractivity contribution < 1.29 is 14.1 Å². The van der Waals surface area contributed by atoms with Crippen molar-refractivity contribution in [3.05, 3.63) is 21.7 Å². The van der Waals surface area contributed by atoms with E-state index in [4.69, 9.17) is 9.26 Å². The van der Waals surface area contributed by atoms with Gasteiger partial charge in [-0.1, -0.05) is 39.0 Å². The summed E-state index contributed by atoms with van der Waals surface area (Å²) in [4.78, 5) is 25.3. The van der Waals surface area contributed by atoms with Gasteiger partial charge in [0.2, 0.25) is 0 Å². The molecule has 1 amide bonds. The standard InChI is InChI=1S/C18H30N2O4/c1-3-4-5-6-7-8-9-15-16(24-19-17(15)21)14-10-12-20(13-11-14)18(22)23-2/h14H,3-13H2,1-2H3,(H,19,21). The predicted molar refractivity (Wildman–Crippen MR) is 92.4 cm³/mol. The Balaban J connectivity index is 1.86. The van der Waals surface area contributed by atoms with Crippen LogP contribution in [0.1, 0.15) is 75.5 Å². The SMILES string of the molecule is CCCCCCCCc1c(C2CCN(C(=O)OC)CC2)o[nH]c1=O. The largest absolute Gasteiger partial charge is 0.453 e. The highest BCUT2D eigenvalue weighted by atomic mass is 16.5. The lowest BCUT2D eigenvalue weighted by Gasteiger charge is -2.30. The Bertz CT molecular complexity index is 556. The first-order valence-corrected chi connectivity index (χ1v) is 9.20. The number of aromatic amines is 1. The van der Waals surface area contributed by atoms with Gasteiger partial charge in [-0.15, -0.1) is 0 Å². The maximum atomic E-state index is 12.0. The molecule has 0 aliphatic carbocycles. The molecular formula is C18H30N2O4. The van der Waals surface area contributed by atoms with Gasteiger partial charge in [-0.3, -0.25) is 4.79 Å². The fourth-order valence-electron chi connectivity index (χ4n) is 3.44. The van der Waals surface area contributed by atoms with Crippen LogP contribution in [-0.4, -0.2) is 36.3 Å². The summed E-state index contributed by atoms with van der Waals surface area (Å²) < 4.78 is 10.2. The number of nitrogens with one attached hydrogen (secondary N) is 1. The van der Waals surface area contributed by atoms with E-state index in [0.29, 0.717) is 13.1 Å². The number of rotatable bonds is 8. The monoisotopic (exact) mass is 338 g/mol. The summed E-state index contributed by atoms with van der Waals surface area (Å²) in [5.74, 6) is 1.01. The molecule has 2 rings (SSSR count). The van der Waals surface area contributed by atoms with Crippen molar-refractivity contribution in [3.8, 4) is 0 Å². The van der Waals surface area contributed by atoms with Crippen molar-refractivity contribution in [1.29, 1.82) is 0 Å². The van der Waals surface area contributed by atoms with Crippen molar-refractivity contribution >= 4 is 6.09 Å². The number of unbranched alkanes of at least 4 members (excludes halogenated alkanes) is 5. The topological polar surface area (TPSA) is 75.5 Å². The van der Waals surface area contributed by atoms with Crippen LogP contribution in [0.2, 0.25) is 0 Å². The van der Waals surface area contributed by atoms with Gasteiger partial charge in [0, 0.05) is 19.0 Å². The molecule has 0 unspecified atom stereocenters. The molecule has 0 saturated carbocycles. The van der Waals surface area contributed by atoms with Gasteiger partial charge in [0.15, 0.2) is 0 Å². The fourth-order valence-corrected chi connectivity index (χ4v) is 3.44. The summed E-state index contributed by atoms with van der Waals surface area (Å²) in [5.41, 5.74) is 0.718. The van der Waals surface area contributed by atoms with E-state index in [2.05, 4.69) is 12.1 Å². The summed E-state index contributed by atoms with van der Waals surface area (Å²) in [6.07, 6.45) is 9.34. The van der Waals surface area contributed by atoms with Crippen LogP contribution >= 0.6 is 0 Å².